The van der Waals surface area contributed by atoms with Gasteiger partial charge in [0.05, 0.1) is 0 Å². The Kier molecular flexibility index (Phi) is 2.71. The van der Waals surface area contributed by atoms with E-state index >= 15 is 0 Å². The average molecular weight is 205 g/mol. The van der Waals surface area contributed by atoms with Crippen LogP contribution in [-0.2, 0) is 13.1 Å². The van der Waals surface area contributed by atoms with E-state index in [4.69, 9.17) is 5.73 Å². The highest BCUT2D eigenvalue weighted by molar-refractivity contribution is 5.23. The molecule has 0 aliphatic carbocycles. The number of nitrogens with zero attached hydrogens (tertiary/aromatic N) is 4. The molecule has 0 amide bonds. The molecule has 2 N–H and O–H groups in total. The van der Waals surface area contributed by atoms with Crippen LogP contribution in [0.15, 0.2) is 24.5 Å². The quantitative estimate of drug-likeness (QED) is 0.811. The van der Waals surface area contributed by atoms with E-state index in [1.54, 1.807) is 6.07 Å². The van der Waals surface area contributed by atoms with E-state index in [1.165, 1.54) is 5.69 Å². The second-order valence-electron chi connectivity index (χ2n) is 3.55. The van der Waals surface area contributed by atoms with Gasteiger partial charge in [-0.15, -0.1) is 0 Å². The van der Waals surface area contributed by atoms with Crippen LogP contribution in [0.3, 0.4) is 0 Å². The molecule has 0 saturated carbocycles. The Morgan fingerprint density at radius 3 is 2.80 bits per heavy atom. The molecule has 2 rings (SSSR count). The topological polar surface area (TPSA) is 61.7 Å². The van der Waals surface area contributed by atoms with E-state index in [0.717, 1.165) is 19.5 Å². The zero-order valence-electron chi connectivity index (χ0n) is 8.80. The molecule has 15 heavy (non-hydrogen) atoms. The molecule has 0 aliphatic rings. The third-order valence-corrected chi connectivity index (χ3v) is 2.35. The predicted molar refractivity (Wildman–Crippen MR) is 58.2 cm³/mol. The summed E-state index contributed by atoms with van der Waals surface area (Å²) in [6, 6.07) is 3.81. The molecule has 80 valence electrons. The van der Waals surface area contributed by atoms with Crippen molar-refractivity contribution in [3.63, 3.8) is 0 Å². The number of aryl methyl sites for hydroxylation is 3. The van der Waals surface area contributed by atoms with E-state index in [9.17, 15) is 0 Å². The van der Waals surface area contributed by atoms with Crippen LogP contribution in [0.2, 0.25) is 0 Å². The standard InChI is InChI=1S/C10H15N5/c1-9-3-5-12-15(9)7-2-6-14-8-4-10(11)13-14/h3-5,8H,2,6-7H2,1H3,(H2,11,13). The van der Waals surface area contributed by atoms with Crippen LogP contribution >= 0.6 is 0 Å². The van der Waals surface area contributed by atoms with Crippen LogP contribution in [0.1, 0.15) is 12.1 Å². The second kappa shape index (κ2) is 4.16. The van der Waals surface area contributed by atoms with Gasteiger partial charge in [0.15, 0.2) is 0 Å². The van der Waals surface area contributed by atoms with Crippen LogP contribution in [0.5, 0.6) is 0 Å². The first-order valence-corrected chi connectivity index (χ1v) is 5.03. The first-order valence-electron chi connectivity index (χ1n) is 5.03. The molecule has 0 unspecified atom stereocenters. The summed E-state index contributed by atoms with van der Waals surface area (Å²) in [5, 5.41) is 8.33. The summed E-state index contributed by atoms with van der Waals surface area (Å²) >= 11 is 0. The van der Waals surface area contributed by atoms with Gasteiger partial charge < -0.3 is 5.73 Å². The van der Waals surface area contributed by atoms with Crippen molar-refractivity contribution in [1.82, 2.24) is 19.6 Å². The van der Waals surface area contributed by atoms with E-state index in [0.29, 0.717) is 5.82 Å². The van der Waals surface area contributed by atoms with Crippen molar-refractivity contribution in [2.24, 2.45) is 0 Å². The third-order valence-electron chi connectivity index (χ3n) is 2.35. The van der Waals surface area contributed by atoms with Gasteiger partial charge in [0, 0.05) is 31.2 Å². The highest BCUT2D eigenvalue weighted by Gasteiger charge is 1.98. The Bertz CT molecular complexity index is 428. The maximum Gasteiger partial charge on any atom is 0.145 e. The Hall–Kier alpha value is -1.78. The SMILES string of the molecule is Cc1ccnn1CCCn1ccc(N)n1. The van der Waals surface area contributed by atoms with Gasteiger partial charge in [0.1, 0.15) is 5.82 Å². The Morgan fingerprint density at radius 2 is 2.20 bits per heavy atom. The molecule has 2 aromatic rings. The van der Waals surface area contributed by atoms with E-state index in [2.05, 4.69) is 17.1 Å². The minimum absolute atomic E-state index is 0.574. The van der Waals surface area contributed by atoms with Gasteiger partial charge in [-0.25, -0.2) is 0 Å². The van der Waals surface area contributed by atoms with E-state index in [1.807, 2.05) is 27.8 Å². The monoisotopic (exact) mass is 205 g/mol. The summed E-state index contributed by atoms with van der Waals surface area (Å²) in [6.07, 6.45) is 4.72. The molecular weight excluding hydrogens is 190 g/mol. The zero-order valence-corrected chi connectivity index (χ0v) is 8.80. The summed E-state index contributed by atoms with van der Waals surface area (Å²) in [6.45, 7) is 3.84. The number of anilines is 1. The predicted octanol–water partition coefficient (Wildman–Crippen LogP) is 1.06. The van der Waals surface area contributed by atoms with Crippen LogP contribution in [-0.4, -0.2) is 19.6 Å². The van der Waals surface area contributed by atoms with Gasteiger partial charge in [-0.3, -0.25) is 9.36 Å². The lowest BCUT2D eigenvalue weighted by Crippen LogP contribution is -2.07. The molecule has 5 nitrogen and oxygen atoms in total. The molecule has 5 heteroatoms. The summed E-state index contributed by atoms with van der Waals surface area (Å²) in [7, 11) is 0. The van der Waals surface area contributed by atoms with Crippen LogP contribution < -0.4 is 5.73 Å². The lowest BCUT2D eigenvalue weighted by molar-refractivity contribution is 0.495. The molecule has 2 heterocycles. The molecule has 0 bridgehead atoms. The van der Waals surface area contributed by atoms with E-state index < -0.39 is 0 Å². The molecular formula is C10H15N5. The minimum Gasteiger partial charge on any atom is -0.382 e. The number of aromatic nitrogens is 4. The van der Waals surface area contributed by atoms with Crippen molar-refractivity contribution in [3.05, 3.63) is 30.2 Å². The minimum atomic E-state index is 0.574. The highest BCUT2D eigenvalue weighted by atomic mass is 15.3. The number of nitrogens with two attached hydrogens (primary N) is 1. The van der Waals surface area contributed by atoms with Crippen molar-refractivity contribution in [1.29, 1.82) is 0 Å². The fourth-order valence-electron chi connectivity index (χ4n) is 1.52. The van der Waals surface area contributed by atoms with Gasteiger partial charge in [0.25, 0.3) is 0 Å². The molecule has 0 radical (unpaired) electrons. The molecule has 0 fully saturated rings. The first-order chi connectivity index (χ1) is 7.25. The van der Waals surface area contributed by atoms with Gasteiger partial charge in [0.2, 0.25) is 0 Å². The number of hydrogen-bond donors (Lipinski definition) is 1. The second-order valence-corrected chi connectivity index (χ2v) is 3.55. The summed E-state index contributed by atoms with van der Waals surface area (Å²) in [4.78, 5) is 0. The van der Waals surface area contributed by atoms with Crippen LogP contribution in [0, 0.1) is 6.92 Å². The first kappa shape index (κ1) is 9.76. The van der Waals surface area contributed by atoms with Crippen LogP contribution in [0.25, 0.3) is 0 Å². The maximum absolute atomic E-state index is 5.52. The van der Waals surface area contributed by atoms with Gasteiger partial charge >= 0.3 is 0 Å². The fraction of sp³-hybridized carbons (Fsp3) is 0.400. The van der Waals surface area contributed by atoms with Crippen molar-refractivity contribution >= 4 is 5.82 Å². The Balaban J connectivity index is 1.83. The molecule has 2 aromatic heterocycles. The smallest absolute Gasteiger partial charge is 0.145 e. The lowest BCUT2D eigenvalue weighted by atomic mass is 10.4. The van der Waals surface area contributed by atoms with Crippen molar-refractivity contribution < 1.29 is 0 Å². The van der Waals surface area contributed by atoms with Crippen LogP contribution in [0.4, 0.5) is 5.82 Å². The largest absolute Gasteiger partial charge is 0.382 e. The zero-order chi connectivity index (χ0) is 10.7. The van der Waals surface area contributed by atoms with Gasteiger partial charge in [-0.1, -0.05) is 0 Å². The van der Waals surface area contributed by atoms with Gasteiger partial charge in [-0.05, 0) is 25.5 Å². The Morgan fingerprint density at radius 1 is 1.33 bits per heavy atom. The summed E-state index contributed by atoms with van der Waals surface area (Å²) < 4.78 is 3.85. The highest BCUT2D eigenvalue weighted by Crippen LogP contribution is 2.01. The summed E-state index contributed by atoms with van der Waals surface area (Å²) in [5.74, 6) is 0.574. The van der Waals surface area contributed by atoms with Crippen molar-refractivity contribution in [3.8, 4) is 0 Å². The third kappa shape index (κ3) is 2.37. The molecule has 0 spiro atoms. The molecule has 0 atom stereocenters. The molecule has 0 aliphatic heterocycles. The maximum atomic E-state index is 5.52. The fourth-order valence-corrected chi connectivity index (χ4v) is 1.52. The summed E-state index contributed by atoms with van der Waals surface area (Å²) in [5.41, 5.74) is 6.71. The van der Waals surface area contributed by atoms with Crippen molar-refractivity contribution in [2.45, 2.75) is 26.4 Å². The number of nitrogen functional groups attached to an aromatic ring is 1. The van der Waals surface area contributed by atoms with E-state index in [-0.39, 0.29) is 0 Å². The average Bonchev–Trinajstić information content (AvgIpc) is 2.77. The molecule has 0 saturated heterocycles. The Labute approximate surface area is 88.5 Å². The normalized spacial score (nSPS) is 10.7. The van der Waals surface area contributed by atoms with Gasteiger partial charge in [-0.2, -0.15) is 10.2 Å². The number of hydrogen-bond acceptors (Lipinski definition) is 3. The number of rotatable bonds is 4. The lowest BCUT2D eigenvalue weighted by Gasteiger charge is -2.04. The molecule has 0 aromatic carbocycles. The van der Waals surface area contributed by atoms with Crippen molar-refractivity contribution in [2.75, 3.05) is 5.73 Å².